The zero-order valence-corrected chi connectivity index (χ0v) is 6.86. The smallest absolute Gasteiger partial charge is 0.233 e. The highest BCUT2D eigenvalue weighted by Gasteiger charge is 2.05. The minimum absolute atomic E-state index is 0.311. The van der Waals surface area contributed by atoms with Crippen LogP contribution >= 0.6 is 0 Å². The van der Waals surface area contributed by atoms with Crippen LogP contribution in [-0.2, 0) is 9.59 Å². The fraction of sp³-hybridized carbons (Fsp3) is 0.125. The number of carbonyl (C=O) groups is 2. The van der Waals surface area contributed by atoms with Crippen LogP contribution in [0.5, 0.6) is 0 Å². The normalized spacial score (nSPS) is 9.23. The molecule has 1 heterocycles. The van der Waals surface area contributed by atoms with E-state index in [-0.39, 0.29) is 6.42 Å². The van der Waals surface area contributed by atoms with Gasteiger partial charge in [0, 0.05) is 6.20 Å². The SMILES string of the molecule is NC(=O)CC(=O)Nc1cccnc1. The molecule has 0 saturated heterocycles. The van der Waals surface area contributed by atoms with E-state index in [2.05, 4.69) is 10.3 Å². The maximum absolute atomic E-state index is 11.0. The molecule has 0 aliphatic carbocycles. The quantitative estimate of drug-likeness (QED) is 0.635. The predicted molar refractivity (Wildman–Crippen MR) is 46.7 cm³/mol. The topological polar surface area (TPSA) is 85.1 Å². The number of hydrogen-bond acceptors (Lipinski definition) is 3. The number of primary amides is 1. The number of pyridine rings is 1. The molecule has 0 radical (unpaired) electrons. The van der Waals surface area contributed by atoms with Gasteiger partial charge >= 0.3 is 0 Å². The summed E-state index contributed by atoms with van der Waals surface area (Å²) < 4.78 is 0. The molecular weight excluding hydrogens is 170 g/mol. The van der Waals surface area contributed by atoms with Crippen molar-refractivity contribution in [3.05, 3.63) is 24.5 Å². The molecule has 1 rings (SSSR count). The Bertz CT molecular complexity index is 310. The molecule has 2 amide bonds. The van der Waals surface area contributed by atoms with Crippen LogP contribution < -0.4 is 11.1 Å². The van der Waals surface area contributed by atoms with Crippen LogP contribution in [0, 0.1) is 0 Å². The lowest BCUT2D eigenvalue weighted by Gasteiger charge is -2.01. The summed E-state index contributed by atoms with van der Waals surface area (Å²) in [5.41, 5.74) is 5.38. The van der Waals surface area contributed by atoms with Crippen LogP contribution in [0.3, 0.4) is 0 Å². The zero-order chi connectivity index (χ0) is 9.68. The standard InChI is InChI=1S/C8H9N3O2/c9-7(12)4-8(13)11-6-2-1-3-10-5-6/h1-3,5H,4H2,(H2,9,12)(H,11,13). The molecule has 0 fully saturated rings. The Hall–Kier alpha value is -1.91. The lowest BCUT2D eigenvalue weighted by Crippen LogP contribution is -2.21. The van der Waals surface area contributed by atoms with Gasteiger partial charge in [0.05, 0.1) is 11.9 Å². The molecule has 3 N–H and O–H groups in total. The van der Waals surface area contributed by atoms with Gasteiger partial charge in [-0.2, -0.15) is 0 Å². The fourth-order valence-corrected chi connectivity index (χ4v) is 0.800. The number of amides is 2. The lowest BCUT2D eigenvalue weighted by molar-refractivity contribution is -0.124. The minimum Gasteiger partial charge on any atom is -0.369 e. The maximum Gasteiger partial charge on any atom is 0.233 e. The average Bonchev–Trinajstić information content (AvgIpc) is 2.04. The summed E-state index contributed by atoms with van der Waals surface area (Å²) >= 11 is 0. The molecule has 0 aromatic carbocycles. The second kappa shape index (κ2) is 4.20. The molecule has 0 saturated carbocycles. The first-order valence-electron chi connectivity index (χ1n) is 3.66. The Morgan fingerprint density at radius 1 is 1.54 bits per heavy atom. The van der Waals surface area contributed by atoms with E-state index in [0.717, 1.165) is 0 Å². The van der Waals surface area contributed by atoms with Crippen molar-refractivity contribution in [2.75, 3.05) is 5.32 Å². The van der Waals surface area contributed by atoms with Crippen LogP contribution in [0.25, 0.3) is 0 Å². The van der Waals surface area contributed by atoms with Crippen LogP contribution in [0.4, 0.5) is 5.69 Å². The number of nitrogens with zero attached hydrogens (tertiary/aromatic N) is 1. The molecule has 0 atom stereocenters. The monoisotopic (exact) mass is 179 g/mol. The summed E-state index contributed by atoms with van der Waals surface area (Å²) in [6.07, 6.45) is 2.76. The van der Waals surface area contributed by atoms with Crippen molar-refractivity contribution in [1.29, 1.82) is 0 Å². The molecule has 68 valence electrons. The van der Waals surface area contributed by atoms with E-state index in [1.807, 2.05) is 0 Å². The van der Waals surface area contributed by atoms with Gasteiger partial charge in [-0.1, -0.05) is 0 Å². The Labute approximate surface area is 75.0 Å². The molecule has 0 bridgehead atoms. The molecule has 0 aliphatic heterocycles. The third-order valence-electron chi connectivity index (χ3n) is 1.28. The molecule has 13 heavy (non-hydrogen) atoms. The van der Waals surface area contributed by atoms with Gasteiger partial charge in [-0.15, -0.1) is 0 Å². The highest BCUT2D eigenvalue weighted by atomic mass is 16.2. The van der Waals surface area contributed by atoms with E-state index in [9.17, 15) is 9.59 Å². The summed E-state index contributed by atoms with van der Waals surface area (Å²) in [7, 11) is 0. The van der Waals surface area contributed by atoms with Gasteiger partial charge < -0.3 is 11.1 Å². The van der Waals surface area contributed by atoms with Gasteiger partial charge in [-0.25, -0.2) is 0 Å². The van der Waals surface area contributed by atoms with Crippen molar-refractivity contribution in [2.24, 2.45) is 5.73 Å². The summed E-state index contributed by atoms with van der Waals surface area (Å²) in [5, 5.41) is 2.47. The number of nitrogens with two attached hydrogens (primary N) is 1. The number of hydrogen-bond donors (Lipinski definition) is 2. The summed E-state index contributed by atoms with van der Waals surface area (Å²) in [4.78, 5) is 25.1. The number of nitrogens with one attached hydrogen (secondary N) is 1. The number of anilines is 1. The molecule has 0 spiro atoms. The first-order valence-corrected chi connectivity index (χ1v) is 3.66. The second-order valence-corrected chi connectivity index (χ2v) is 2.43. The highest BCUT2D eigenvalue weighted by molar-refractivity contribution is 6.02. The fourth-order valence-electron chi connectivity index (χ4n) is 0.800. The Morgan fingerprint density at radius 3 is 2.85 bits per heavy atom. The van der Waals surface area contributed by atoms with Crippen molar-refractivity contribution in [3.63, 3.8) is 0 Å². The number of aromatic nitrogens is 1. The van der Waals surface area contributed by atoms with Gasteiger partial charge in [0.1, 0.15) is 6.42 Å². The van der Waals surface area contributed by atoms with Crippen molar-refractivity contribution < 1.29 is 9.59 Å². The van der Waals surface area contributed by atoms with E-state index in [1.165, 1.54) is 6.20 Å². The lowest BCUT2D eigenvalue weighted by atomic mass is 10.3. The van der Waals surface area contributed by atoms with Gasteiger partial charge in [0.25, 0.3) is 0 Å². The first-order chi connectivity index (χ1) is 6.18. The van der Waals surface area contributed by atoms with E-state index >= 15 is 0 Å². The predicted octanol–water partition coefficient (Wildman–Crippen LogP) is -0.105. The Kier molecular flexibility index (Phi) is 2.97. The summed E-state index contributed by atoms with van der Waals surface area (Å²) in [6.45, 7) is 0. The average molecular weight is 179 g/mol. The summed E-state index contributed by atoms with van der Waals surface area (Å²) in [6, 6.07) is 3.35. The third-order valence-corrected chi connectivity index (χ3v) is 1.28. The maximum atomic E-state index is 11.0. The van der Waals surface area contributed by atoms with E-state index in [1.54, 1.807) is 18.3 Å². The van der Waals surface area contributed by atoms with Gasteiger partial charge in [-0.3, -0.25) is 14.6 Å². The van der Waals surface area contributed by atoms with E-state index in [0.29, 0.717) is 5.69 Å². The molecule has 5 heteroatoms. The number of carbonyl (C=O) groups excluding carboxylic acids is 2. The molecule has 5 nitrogen and oxygen atoms in total. The van der Waals surface area contributed by atoms with Crippen LogP contribution in [0.1, 0.15) is 6.42 Å². The Morgan fingerprint density at radius 2 is 2.31 bits per heavy atom. The molecule has 0 aliphatic rings. The molecular formula is C8H9N3O2. The number of rotatable bonds is 3. The van der Waals surface area contributed by atoms with Crippen molar-refractivity contribution in [3.8, 4) is 0 Å². The molecule has 0 unspecified atom stereocenters. The Balaban J connectivity index is 2.50. The largest absolute Gasteiger partial charge is 0.369 e. The van der Waals surface area contributed by atoms with E-state index in [4.69, 9.17) is 5.73 Å². The molecule has 1 aromatic rings. The van der Waals surface area contributed by atoms with Crippen molar-refractivity contribution in [1.82, 2.24) is 4.98 Å². The molecule has 1 aromatic heterocycles. The van der Waals surface area contributed by atoms with Gasteiger partial charge in [-0.05, 0) is 12.1 Å². The van der Waals surface area contributed by atoms with Crippen LogP contribution in [0.2, 0.25) is 0 Å². The van der Waals surface area contributed by atoms with Crippen LogP contribution in [0.15, 0.2) is 24.5 Å². The zero-order valence-electron chi connectivity index (χ0n) is 6.86. The van der Waals surface area contributed by atoms with Crippen molar-refractivity contribution in [2.45, 2.75) is 6.42 Å². The van der Waals surface area contributed by atoms with Gasteiger partial charge in [0.2, 0.25) is 11.8 Å². The van der Waals surface area contributed by atoms with Gasteiger partial charge in [0.15, 0.2) is 0 Å². The van der Waals surface area contributed by atoms with Crippen molar-refractivity contribution >= 4 is 17.5 Å². The first kappa shape index (κ1) is 9.18. The van der Waals surface area contributed by atoms with Crippen LogP contribution in [-0.4, -0.2) is 16.8 Å². The minimum atomic E-state index is -0.651. The second-order valence-electron chi connectivity index (χ2n) is 2.43. The third kappa shape index (κ3) is 3.33. The van der Waals surface area contributed by atoms with E-state index < -0.39 is 11.8 Å². The highest BCUT2D eigenvalue weighted by Crippen LogP contribution is 2.02. The summed E-state index contributed by atoms with van der Waals surface area (Å²) in [5.74, 6) is -1.08.